The van der Waals surface area contributed by atoms with Crippen LogP contribution < -0.4 is 0 Å². The fourth-order valence-corrected chi connectivity index (χ4v) is 3.81. The molecule has 120 valence electrons. The Kier molecular flexibility index (Phi) is 4.39. The van der Waals surface area contributed by atoms with E-state index in [0.29, 0.717) is 18.1 Å². The van der Waals surface area contributed by atoms with Crippen LogP contribution in [-0.2, 0) is 11.3 Å². The zero-order valence-electron chi connectivity index (χ0n) is 13.2. The van der Waals surface area contributed by atoms with Crippen molar-refractivity contribution < 1.29 is 14.6 Å². The van der Waals surface area contributed by atoms with Gasteiger partial charge in [-0.2, -0.15) is 0 Å². The molecular formula is C18H25NO3. The van der Waals surface area contributed by atoms with Gasteiger partial charge in [0.2, 0.25) is 0 Å². The molecule has 1 aromatic rings. The summed E-state index contributed by atoms with van der Waals surface area (Å²) in [6.07, 6.45) is 5.77. The van der Waals surface area contributed by atoms with Crippen molar-refractivity contribution in [1.82, 2.24) is 4.90 Å². The van der Waals surface area contributed by atoms with Crippen molar-refractivity contribution in [1.29, 1.82) is 0 Å². The highest BCUT2D eigenvalue weighted by Crippen LogP contribution is 2.53. The van der Waals surface area contributed by atoms with Gasteiger partial charge in [-0.05, 0) is 49.5 Å². The number of rotatable bonds is 3. The molecule has 0 aromatic heterocycles. The first-order valence-corrected chi connectivity index (χ1v) is 8.20. The second-order valence-corrected chi connectivity index (χ2v) is 6.94. The van der Waals surface area contributed by atoms with Crippen molar-refractivity contribution >= 4 is 6.09 Å². The molecule has 2 aliphatic rings. The van der Waals surface area contributed by atoms with Crippen LogP contribution in [0.15, 0.2) is 30.3 Å². The third-order valence-electron chi connectivity index (χ3n) is 5.39. The zero-order valence-corrected chi connectivity index (χ0v) is 13.2. The third kappa shape index (κ3) is 3.27. The highest BCUT2D eigenvalue weighted by atomic mass is 16.6. The minimum Gasteiger partial charge on any atom is -0.445 e. The van der Waals surface area contributed by atoms with Crippen LogP contribution in [0.4, 0.5) is 4.79 Å². The topological polar surface area (TPSA) is 49.8 Å². The highest BCUT2D eigenvalue weighted by molar-refractivity contribution is 5.67. The van der Waals surface area contributed by atoms with Crippen LogP contribution in [-0.4, -0.2) is 35.3 Å². The van der Waals surface area contributed by atoms with E-state index in [9.17, 15) is 9.90 Å². The molecule has 2 fully saturated rings. The Morgan fingerprint density at radius 2 is 1.91 bits per heavy atom. The van der Waals surface area contributed by atoms with Crippen molar-refractivity contribution in [3.8, 4) is 0 Å². The number of ether oxygens (including phenoxy) is 1. The quantitative estimate of drug-likeness (QED) is 0.931. The van der Waals surface area contributed by atoms with Crippen LogP contribution in [0.1, 0.15) is 44.1 Å². The van der Waals surface area contributed by atoms with Crippen molar-refractivity contribution in [2.45, 2.75) is 57.3 Å². The van der Waals surface area contributed by atoms with Crippen LogP contribution >= 0.6 is 0 Å². The summed E-state index contributed by atoms with van der Waals surface area (Å²) < 4.78 is 5.39. The molecule has 0 saturated heterocycles. The monoisotopic (exact) mass is 303 g/mol. The van der Waals surface area contributed by atoms with E-state index < -0.39 is 0 Å². The van der Waals surface area contributed by atoms with Gasteiger partial charge in [0.1, 0.15) is 6.61 Å². The molecule has 0 heterocycles. The number of amides is 1. The Bertz CT molecular complexity index is 500. The van der Waals surface area contributed by atoms with Crippen molar-refractivity contribution in [2.75, 3.05) is 7.05 Å². The smallest absolute Gasteiger partial charge is 0.410 e. The number of nitrogens with zero attached hydrogens (tertiary/aromatic N) is 1. The van der Waals surface area contributed by atoms with Crippen LogP contribution in [0.2, 0.25) is 0 Å². The van der Waals surface area contributed by atoms with Crippen LogP contribution in [0, 0.1) is 5.41 Å². The van der Waals surface area contributed by atoms with Gasteiger partial charge in [0.05, 0.1) is 6.10 Å². The van der Waals surface area contributed by atoms with Gasteiger partial charge in [0.25, 0.3) is 0 Å². The Morgan fingerprint density at radius 3 is 2.55 bits per heavy atom. The lowest BCUT2D eigenvalue weighted by Crippen LogP contribution is -2.53. The molecule has 0 bridgehead atoms. The van der Waals surface area contributed by atoms with E-state index in [1.165, 1.54) is 0 Å². The molecule has 0 aliphatic heterocycles. The molecule has 1 N–H and O–H groups in total. The maximum atomic E-state index is 12.1. The maximum absolute atomic E-state index is 12.1. The molecular weight excluding hydrogens is 278 g/mol. The normalized spacial score (nSPS) is 30.6. The molecule has 0 atom stereocenters. The number of aliphatic hydroxyl groups is 1. The Morgan fingerprint density at radius 1 is 1.27 bits per heavy atom. The minimum atomic E-state index is -0.237. The SMILES string of the molecule is CN(C(=O)OCc1ccccc1)C1CC2(CCC(O)CC2)C1. The molecule has 4 nitrogen and oxygen atoms in total. The summed E-state index contributed by atoms with van der Waals surface area (Å²) in [6.45, 7) is 0.327. The zero-order chi connectivity index (χ0) is 15.6. The highest BCUT2D eigenvalue weighted by Gasteiger charge is 2.48. The second kappa shape index (κ2) is 6.29. The lowest BCUT2D eigenvalue weighted by molar-refractivity contribution is -0.0413. The summed E-state index contributed by atoms with van der Waals surface area (Å²) in [6, 6.07) is 10.0. The molecule has 2 aliphatic carbocycles. The first kappa shape index (κ1) is 15.3. The van der Waals surface area contributed by atoms with Crippen molar-refractivity contribution in [3.63, 3.8) is 0 Å². The second-order valence-electron chi connectivity index (χ2n) is 6.94. The molecule has 0 unspecified atom stereocenters. The Hall–Kier alpha value is -1.55. The van der Waals surface area contributed by atoms with E-state index in [2.05, 4.69) is 0 Å². The average molecular weight is 303 g/mol. The number of carbonyl (C=O) groups is 1. The van der Waals surface area contributed by atoms with E-state index in [1.54, 1.807) is 4.90 Å². The standard InChI is InChI=1S/C18H25NO3/c1-19(17(21)22-13-14-5-3-2-4-6-14)15-11-18(12-15)9-7-16(20)8-10-18/h2-6,15-16,20H,7-13H2,1H3. The molecule has 22 heavy (non-hydrogen) atoms. The van der Waals surface area contributed by atoms with Crippen LogP contribution in [0.25, 0.3) is 0 Å². The van der Waals surface area contributed by atoms with Crippen molar-refractivity contribution in [2.24, 2.45) is 5.41 Å². The summed E-state index contributed by atoms with van der Waals surface area (Å²) in [7, 11) is 1.84. The van der Waals surface area contributed by atoms with E-state index >= 15 is 0 Å². The Balaban J connectivity index is 1.44. The largest absolute Gasteiger partial charge is 0.445 e. The lowest BCUT2D eigenvalue weighted by atomic mass is 9.58. The number of aliphatic hydroxyl groups excluding tert-OH is 1. The van der Waals surface area contributed by atoms with E-state index in [-0.39, 0.29) is 12.2 Å². The minimum absolute atomic E-state index is 0.113. The van der Waals surface area contributed by atoms with Gasteiger partial charge < -0.3 is 14.7 Å². The molecule has 3 rings (SSSR count). The van der Waals surface area contributed by atoms with Gasteiger partial charge in [-0.1, -0.05) is 30.3 Å². The van der Waals surface area contributed by atoms with Gasteiger partial charge in [-0.15, -0.1) is 0 Å². The van der Waals surface area contributed by atoms with E-state index in [4.69, 9.17) is 4.74 Å². The summed E-state index contributed by atoms with van der Waals surface area (Å²) in [5.74, 6) is 0. The van der Waals surface area contributed by atoms with Crippen molar-refractivity contribution in [3.05, 3.63) is 35.9 Å². The fourth-order valence-electron chi connectivity index (χ4n) is 3.81. The van der Waals surface area contributed by atoms with Gasteiger partial charge in [-0.25, -0.2) is 4.79 Å². The predicted molar refractivity (Wildman–Crippen MR) is 84.3 cm³/mol. The fraction of sp³-hybridized carbons (Fsp3) is 0.611. The number of benzene rings is 1. The third-order valence-corrected chi connectivity index (χ3v) is 5.39. The molecule has 1 amide bonds. The van der Waals surface area contributed by atoms with Crippen LogP contribution in [0.3, 0.4) is 0 Å². The van der Waals surface area contributed by atoms with Gasteiger partial charge in [0.15, 0.2) is 0 Å². The number of hydrogen-bond acceptors (Lipinski definition) is 3. The first-order valence-electron chi connectivity index (χ1n) is 8.20. The summed E-state index contributed by atoms with van der Waals surface area (Å²) in [5, 5.41) is 9.62. The van der Waals surface area contributed by atoms with Gasteiger partial charge >= 0.3 is 6.09 Å². The molecule has 1 spiro atoms. The molecule has 1 aromatic carbocycles. The predicted octanol–water partition coefficient (Wildman–Crippen LogP) is 3.34. The number of carbonyl (C=O) groups excluding carboxylic acids is 1. The first-order chi connectivity index (χ1) is 10.6. The van der Waals surface area contributed by atoms with E-state index in [0.717, 1.165) is 44.1 Å². The van der Waals surface area contributed by atoms with Crippen LogP contribution in [0.5, 0.6) is 0 Å². The Labute approximate surface area is 132 Å². The maximum Gasteiger partial charge on any atom is 0.410 e. The average Bonchev–Trinajstić information content (AvgIpc) is 2.52. The number of hydrogen-bond donors (Lipinski definition) is 1. The molecule has 0 radical (unpaired) electrons. The molecule has 2 saturated carbocycles. The van der Waals surface area contributed by atoms with Gasteiger partial charge in [0, 0.05) is 13.1 Å². The summed E-state index contributed by atoms with van der Waals surface area (Å²) in [4.78, 5) is 13.9. The van der Waals surface area contributed by atoms with E-state index in [1.807, 2.05) is 37.4 Å². The molecule has 4 heteroatoms. The summed E-state index contributed by atoms with van der Waals surface area (Å²) in [5.41, 5.74) is 1.38. The van der Waals surface area contributed by atoms with Gasteiger partial charge in [-0.3, -0.25) is 0 Å². The summed E-state index contributed by atoms with van der Waals surface area (Å²) >= 11 is 0. The lowest BCUT2D eigenvalue weighted by Gasteiger charge is -2.53.